The molecular weight excluding hydrogens is 390 g/mol. The number of anilines is 2. The molecule has 0 aliphatic carbocycles. The van der Waals surface area contributed by atoms with Crippen molar-refractivity contribution in [2.45, 2.75) is 27.3 Å². The summed E-state index contributed by atoms with van der Waals surface area (Å²) in [4.78, 5) is 36.3. The molecular formula is C20H23N5O3S. The smallest absolute Gasteiger partial charge is 0.273 e. The fourth-order valence-corrected chi connectivity index (χ4v) is 4.57. The number of morpholine rings is 1. The molecule has 0 bridgehead atoms. The van der Waals surface area contributed by atoms with Crippen molar-refractivity contribution in [3.8, 4) is 0 Å². The van der Waals surface area contributed by atoms with E-state index in [9.17, 15) is 9.59 Å². The maximum atomic E-state index is 12.9. The summed E-state index contributed by atoms with van der Waals surface area (Å²) in [7, 11) is 0. The second-order valence-corrected chi connectivity index (χ2v) is 8.23. The average Bonchev–Trinajstić information content (AvgIpc) is 3.13. The van der Waals surface area contributed by atoms with Crippen molar-refractivity contribution in [1.29, 1.82) is 0 Å². The van der Waals surface area contributed by atoms with Crippen LogP contribution in [0.15, 0.2) is 23.3 Å². The summed E-state index contributed by atoms with van der Waals surface area (Å²) in [5, 5.41) is 3.69. The van der Waals surface area contributed by atoms with Crippen LogP contribution in [0, 0.1) is 20.8 Å². The number of amides is 1. The first-order chi connectivity index (χ1) is 13.9. The lowest BCUT2D eigenvalue weighted by Crippen LogP contribution is -2.36. The largest absolute Gasteiger partial charge is 0.378 e. The summed E-state index contributed by atoms with van der Waals surface area (Å²) >= 11 is 1.31. The lowest BCUT2D eigenvalue weighted by molar-refractivity contribution is -0.116. The number of aromatic nitrogens is 3. The standard InChI is InChI=1S/C20H23N5O3S/c1-12-8-13(2)16(14(3)9-12)22-15(26)10-25-11-21-18-17(19(25)27)29-20(23-18)24-4-6-28-7-5-24/h8-9,11H,4-7,10H2,1-3H3,(H,22,26). The molecule has 2 aromatic heterocycles. The number of thiazole rings is 1. The molecule has 1 amide bonds. The third kappa shape index (κ3) is 4.01. The highest BCUT2D eigenvalue weighted by molar-refractivity contribution is 7.22. The Morgan fingerprint density at radius 1 is 1.21 bits per heavy atom. The Morgan fingerprint density at radius 3 is 2.59 bits per heavy atom. The van der Waals surface area contributed by atoms with Crippen LogP contribution < -0.4 is 15.8 Å². The summed E-state index contributed by atoms with van der Waals surface area (Å²) in [6.07, 6.45) is 1.39. The van der Waals surface area contributed by atoms with Gasteiger partial charge in [-0.2, -0.15) is 4.98 Å². The lowest BCUT2D eigenvalue weighted by Gasteiger charge is -2.25. The van der Waals surface area contributed by atoms with Gasteiger partial charge >= 0.3 is 0 Å². The van der Waals surface area contributed by atoms with Gasteiger partial charge in [0, 0.05) is 18.8 Å². The molecule has 1 aliphatic heterocycles. The number of hydrogen-bond acceptors (Lipinski definition) is 7. The van der Waals surface area contributed by atoms with E-state index in [0.29, 0.717) is 23.6 Å². The van der Waals surface area contributed by atoms with Crippen molar-refractivity contribution in [3.05, 3.63) is 45.5 Å². The zero-order chi connectivity index (χ0) is 20.5. The number of rotatable bonds is 4. The Kier molecular flexibility index (Phi) is 5.33. The van der Waals surface area contributed by atoms with E-state index in [2.05, 4.69) is 20.2 Å². The van der Waals surface area contributed by atoms with Gasteiger partial charge in [-0.3, -0.25) is 14.2 Å². The van der Waals surface area contributed by atoms with Gasteiger partial charge in [0.1, 0.15) is 17.6 Å². The zero-order valence-electron chi connectivity index (χ0n) is 16.7. The highest BCUT2D eigenvalue weighted by Gasteiger charge is 2.19. The van der Waals surface area contributed by atoms with E-state index in [1.54, 1.807) is 0 Å². The predicted molar refractivity (Wildman–Crippen MR) is 114 cm³/mol. The number of carbonyl (C=O) groups excluding carboxylic acids is 1. The Morgan fingerprint density at radius 2 is 1.90 bits per heavy atom. The van der Waals surface area contributed by atoms with Crippen LogP contribution in [0.4, 0.5) is 10.8 Å². The van der Waals surface area contributed by atoms with Crippen molar-refractivity contribution < 1.29 is 9.53 Å². The summed E-state index contributed by atoms with van der Waals surface area (Å²) < 4.78 is 7.16. The highest BCUT2D eigenvalue weighted by atomic mass is 32.1. The third-order valence-corrected chi connectivity index (χ3v) is 6.00. The van der Waals surface area contributed by atoms with E-state index in [-0.39, 0.29) is 18.0 Å². The maximum Gasteiger partial charge on any atom is 0.273 e. The topological polar surface area (TPSA) is 89.3 Å². The van der Waals surface area contributed by atoms with E-state index in [1.807, 2.05) is 32.9 Å². The molecule has 8 nitrogen and oxygen atoms in total. The second-order valence-electron chi connectivity index (χ2n) is 7.25. The molecule has 3 aromatic rings. The summed E-state index contributed by atoms with van der Waals surface area (Å²) in [5.74, 6) is -0.263. The third-order valence-electron chi connectivity index (χ3n) is 4.91. The van der Waals surface area contributed by atoms with Crippen LogP contribution in [0.25, 0.3) is 10.3 Å². The predicted octanol–water partition coefficient (Wildman–Crippen LogP) is 2.25. The van der Waals surface area contributed by atoms with Gasteiger partial charge in [-0.1, -0.05) is 29.0 Å². The number of hydrogen-bond donors (Lipinski definition) is 1. The van der Waals surface area contributed by atoms with Crippen molar-refractivity contribution in [2.24, 2.45) is 0 Å². The minimum absolute atomic E-state index is 0.0979. The molecule has 0 spiro atoms. The van der Waals surface area contributed by atoms with Gasteiger partial charge in [0.15, 0.2) is 10.8 Å². The van der Waals surface area contributed by atoms with Crippen molar-refractivity contribution in [3.63, 3.8) is 0 Å². The van der Waals surface area contributed by atoms with Crippen molar-refractivity contribution in [2.75, 3.05) is 36.5 Å². The quantitative estimate of drug-likeness (QED) is 0.706. The molecule has 3 heterocycles. The monoisotopic (exact) mass is 413 g/mol. The fraction of sp³-hybridized carbons (Fsp3) is 0.400. The number of ether oxygens (including phenoxy) is 1. The van der Waals surface area contributed by atoms with Crippen LogP contribution in [-0.4, -0.2) is 46.7 Å². The molecule has 1 fully saturated rings. The summed E-state index contributed by atoms with van der Waals surface area (Å²) in [6.45, 7) is 8.61. The molecule has 1 aliphatic rings. The first-order valence-corrected chi connectivity index (χ1v) is 10.3. The van der Waals surface area contributed by atoms with Crippen LogP contribution >= 0.6 is 11.3 Å². The molecule has 1 N–H and O–H groups in total. The minimum Gasteiger partial charge on any atom is -0.378 e. The molecule has 152 valence electrons. The first kappa shape index (κ1) is 19.5. The van der Waals surface area contributed by atoms with E-state index in [4.69, 9.17) is 4.74 Å². The fourth-order valence-electron chi connectivity index (χ4n) is 3.55. The number of nitrogens with one attached hydrogen (secondary N) is 1. The first-order valence-electron chi connectivity index (χ1n) is 9.49. The molecule has 29 heavy (non-hydrogen) atoms. The molecule has 1 saturated heterocycles. The SMILES string of the molecule is Cc1cc(C)c(NC(=O)Cn2cnc3nc(N4CCOCC4)sc3c2=O)c(C)c1. The lowest BCUT2D eigenvalue weighted by atomic mass is 10.1. The Balaban J connectivity index is 1.56. The van der Waals surface area contributed by atoms with E-state index >= 15 is 0 Å². The molecule has 4 rings (SSSR count). The van der Waals surface area contributed by atoms with Gasteiger partial charge in [0.2, 0.25) is 5.91 Å². The van der Waals surface area contributed by atoms with Gasteiger partial charge in [0.05, 0.1) is 13.2 Å². The number of aryl methyl sites for hydroxylation is 3. The molecule has 0 atom stereocenters. The van der Waals surface area contributed by atoms with Crippen molar-refractivity contribution in [1.82, 2.24) is 14.5 Å². The van der Waals surface area contributed by atoms with Gasteiger partial charge in [-0.25, -0.2) is 4.98 Å². The Hall–Kier alpha value is -2.78. The zero-order valence-corrected chi connectivity index (χ0v) is 17.5. The van der Waals surface area contributed by atoms with E-state index in [1.165, 1.54) is 22.2 Å². The summed E-state index contributed by atoms with van der Waals surface area (Å²) in [6, 6.07) is 4.04. The van der Waals surface area contributed by atoms with Gasteiger partial charge in [-0.15, -0.1) is 0 Å². The Bertz CT molecular complexity index is 1110. The van der Waals surface area contributed by atoms with Crippen LogP contribution in [0.5, 0.6) is 0 Å². The molecule has 0 unspecified atom stereocenters. The number of fused-ring (bicyclic) bond motifs is 1. The van der Waals surface area contributed by atoms with Gasteiger partial charge in [0.25, 0.3) is 5.56 Å². The van der Waals surface area contributed by atoms with Gasteiger partial charge < -0.3 is 15.0 Å². The van der Waals surface area contributed by atoms with Crippen LogP contribution in [-0.2, 0) is 16.1 Å². The minimum atomic E-state index is -0.263. The average molecular weight is 414 g/mol. The van der Waals surface area contributed by atoms with E-state index in [0.717, 1.165) is 40.6 Å². The van der Waals surface area contributed by atoms with Gasteiger partial charge in [-0.05, 0) is 31.9 Å². The molecule has 1 aromatic carbocycles. The van der Waals surface area contributed by atoms with Crippen LogP contribution in [0.3, 0.4) is 0 Å². The van der Waals surface area contributed by atoms with E-state index < -0.39 is 0 Å². The van der Waals surface area contributed by atoms with Crippen LogP contribution in [0.1, 0.15) is 16.7 Å². The molecule has 0 radical (unpaired) electrons. The number of carbonyl (C=O) groups is 1. The summed E-state index contributed by atoms with van der Waals surface area (Å²) in [5.41, 5.74) is 4.09. The Labute approximate surface area is 172 Å². The highest BCUT2D eigenvalue weighted by Crippen LogP contribution is 2.26. The number of benzene rings is 1. The molecule has 9 heteroatoms. The second kappa shape index (κ2) is 7.92. The van der Waals surface area contributed by atoms with Crippen LogP contribution in [0.2, 0.25) is 0 Å². The number of nitrogens with zero attached hydrogens (tertiary/aromatic N) is 4. The van der Waals surface area contributed by atoms with Crippen molar-refractivity contribution >= 4 is 38.4 Å². The normalized spacial score (nSPS) is 14.4. The molecule has 0 saturated carbocycles. The maximum absolute atomic E-state index is 12.9.